The molecule has 2 rings (SSSR count). The van der Waals surface area contributed by atoms with E-state index < -0.39 is 0 Å². The van der Waals surface area contributed by atoms with Gasteiger partial charge in [-0.15, -0.1) is 0 Å². The van der Waals surface area contributed by atoms with Crippen molar-refractivity contribution >= 4 is 0 Å². The van der Waals surface area contributed by atoms with Crippen LogP contribution >= 0.6 is 0 Å². The average Bonchev–Trinajstić information content (AvgIpc) is 2.37. The third-order valence-corrected chi connectivity index (χ3v) is 3.54. The highest BCUT2D eigenvalue weighted by atomic mass is 16.5. The van der Waals surface area contributed by atoms with Gasteiger partial charge in [0.25, 0.3) is 0 Å². The lowest BCUT2D eigenvalue weighted by molar-refractivity contribution is 0.111. The Morgan fingerprint density at radius 3 is 2.63 bits per heavy atom. The molecule has 106 valence electrons. The van der Waals surface area contributed by atoms with Crippen LogP contribution < -0.4 is 10.1 Å². The highest BCUT2D eigenvalue weighted by Gasteiger charge is 2.19. The summed E-state index contributed by atoms with van der Waals surface area (Å²) in [7, 11) is 0. The fourth-order valence-electron chi connectivity index (χ4n) is 2.57. The lowest BCUT2D eigenvalue weighted by atomic mass is 9.93. The number of aliphatic hydroxyl groups excluding tert-OH is 1. The summed E-state index contributed by atoms with van der Waals surface area (Å²) in [5, 5.41) is 13.2. The Hall–Kier alpha value is -1.06. The van der Waals surface area contributed by atoms with E-state index in [-0.39, 0.29) is 12.2 Å². The molecule has 0 aliphatic heterocycles. The van der Waals surface area contributed by atoms with Crippen molar-refractivity contribution in [1.29, 1.82) is 0 Å². The van der Waals surface area contributed by atoms with Gasteiger partial charge in [0.2, 0.25) is 0 Å². The molecule has 2 unspecified atom stereocenters. The number of rotatable bonds is 5. The number of nitrogens with one attached hydrogen (secondary N) is 1. The summed E-state index contributed by atoms with van der Waals surface area (Å²) < 4.78 is 5.62. The molecule has 0 aromatic heterocycles. The fourth-order valence-corrected chi connectivity index (χ4v) is 2.57. The Morgan fingerprint density at radius 2 is 2.00 bits per heavy atom. The molecule has 1 fully saturated rings. The van der Waals surface area contributed by atoms with Gasteiger partial charge >= 0.3 is 0 Å². The second-order valence-electron chi connectivity index (χ2n) is 5.71. The number of aliphatic hydroxyl groups is 1. The standard InChI is InChI=1S/C16H25NO2/c1-12(2)19-16-8-6-13(7-9-16)11-17-14-4-3-5-15(18)10-14/h6-9,12,14-15,17-18H,3-5,10-11H2,1-2H3. The summed E-state index contributed by atoms with van der Waals surface area (Å²) in [5.74, 6) is 0.923. The van der Waals surface area contributed by atoms with E-state index in [0.717, 1.165) is 31.6 Å². The van der Waals surface area contributed by atoms with Gasteiger partial charge in [0.1, 0.15) is 5.75 Å². The normalized spacial score (nSPS) is 23.6. The SMILES string of the molecule is CC(C)Oc1ccc(CNC2CCCC(O)C2)cc1. The van der Waals surface area contributed by atoms with Gasteiger partial charge < -0.3 is 15.2 Å². The minimum atomic E-state index is -0.118. The molecule has 19 heavy (non-hydrogen) atoms. The van der Waals surface area contributed by atoms with Crippen LogP contribution in [-0.2, 0) is 6.54 Å². The molecule has 0 radical (unpaired) electrons. The summed E-state index contributed by atoms with van der Waals surface area (Å²) in [6.45, 7) is 4.92. The molecule has 0 heterocycles. The monoisotopic (exact) mass is 263 g/mol. The summed E-state index contributed by atoms with van der Waals surface area (Å²) >= 11 is 0. The minimum absolute atomic E-state index is 0.118. The number of hydrogen-bond donors (Lipinski definition) is 2. The summed E-state index contributed by atoms with van der Waals surface area (Å²) in [5.41, 5.74) is 1.26. The molecule has 1 aliphatic rings. The van der Waals surface area contributed by atoms with Crippen LogP contribution in [-0.4, -0.2) is 23.4 Å². The van der Waals surface area contributed by atoms with Crippen molar-refractivity contribution in [2.75, 3.05) is 0 Å². The van der Waals surface area contributed by atoms with E-state index >= 15 is 0 Å². The van der Waals surface area contributed by atoms with Crippen molar-refractivity contribution in [2.45, 2.75) is 64.3 Å². The first-order valence-electron chi connectivity index (χ1n) is 7.30. The Balaban J connectivity index is 1.79. The van der Waals surface area contributed by atoms with E-state index in [9.17, 15) is 5.11 Å². The van der Waals surface area contributed by atoms with Crippen molar-refractivity contribution in [2.24, 2.45) is 0 Å². The second-order valence-corrected chi connectivity index (χ2v) is 5.71. The smallest absolute Gasteiger partial charge is 0.119 e. The molecule has 1 aliphatic carbocycles. The molecule has 2 N–H and O–H groups in total. The zero-order chi connectivity index (χ0) is 13.7. The van der Waals surface area contributed by atoms with E-state index in [2.05, 4.69) is 17.4 Å². The van der Waals surface area contributed by atoms with E-state index in [0.29, 0.717) is 6.04 Å². The highest BCUT2D eigenvalue weighted by molar-refractivity contribution is 5.27. The molecule has 1 saturated carbocycles. The molecule has 0 spiro atoms. The van der Waals surface area contributed by atoms with Gasteiger partial charge in [0, 0.05) is 12.6 Å². The lowest BCUT2D eigenvalue weighted by Crippen LogP contribution is -2.35. The van der Waals surface area contributed by atoms with Crippen LogP contribution in [0.25, 0.3) is 0 Å². The summed E-state index contributed by atoms with van der Waals surface area (Å²) in [6, 6.07) is 8.70. The maximum Gasteiger partial charge on any atom is 0.119 e. The Bertz CT molecular complexity index is 375. The minimum Gasteiger partial charge on any atom is -0.491 e. The van der Waals surface area contributed by atoms with Crippen LogP contribution in [0.15, 0.2) is 24.3 Å². The van der Waals surface area contributed by atoms with E-state index in [1.807, 2.05) is 26.0 Å². The molecule has 1 aromatic rings. The van der Waals surface area contributed by atoms with Gasteiger partial charge in [-0.1, -0.05) is 12.1 Å². The molecule has 0 saturated heterocycles. The number of hydrogen-bond acceptors (Lipinski definition) is 3. The average molecular weight is 263 g/mol. The van der Waals surface area contributed by atoms with Crippen molar-refractivity contribution in [3.05, 3.63) is 29.8 Å². The molecular weight excluding hydrogens is 238 g/mol. The predicted octanol–water partition coefficient (Wildman–Crippen LogP) is 2.87. The molecule has 0 bridgehead atoms. The summed E-state index contributed by atoms with van der Waals surface area (Å²) in [6.07, 6.45) is 4.24. The van der Waals surface area contributed by atoms with Crippen molar-refractivity contribution in [3.8, 4) is 5.75 Å². The zero-order valence-corrected chi connectivity index (χ0v) is 11.9. The lowest BCUT2D eigenvalue weighted by Gasteiger charge is -2.26. The zero-order valence-electron chi connectivity index (χ0n) is 11.9. The first kappa shape index (κ1) is 14.4. The van der Waals surface area contributed by atoms with E-state index in [1.54, 1.807) is 0 Å². The van der Waals surface area contributed by atoms with Gasteiger partial charge in [0.05, 0.1) is 12.2 Å². The van der Waals surface area contributed by atoms with E-state index in [4.69, 9.17) is 4.74 Å². The fraction of sp³-hybridized carbons (Fsp3) is 0.625. The topological polar surface area (TPSA) is 41.5 Å². The molecule has 0 amide bonds. The third-order valence-electron chi connectivity index (χ3n) is 3.54. The Kier molecular flexibility index (Phi) is 5.23. The van der Waals surface area contributed by atoms with Crippen LogP contribution in [0, 0.1) is 0 Å². The largest absolute Gasteiger partial charge is 0.491 e. The van der Waals surface area contributed by atoms with Gasteiger partial charge in [-0.3, -0.25) is 0 Å². The molecule has 2 atom stereocenters. The predicted molar refractivity (Wildman–Crippen MR) is 77.3 cm³/mol. The second kappa shape index (κ2) is 6.92. The van der Waals surface area contributed by atoms with Crippen LogP contribution in [0.4, 0.5) is 0 Å². The maximum absolute atomic E-state index is 9.64. The first-order chi connectivity index (χ1) is 9.13. The first-order valence-corrected chi connectivity index (χ1v) is 7.30. The molecule has 3 nitrogen and oxygen atoms in total. The van der Waals surface area contributed by atoms with E-state index in [1.165, 1.54) is 12.0 Å². The molecular formula is C16H25NO2. The third kappa shape index (κ3) is 4.84. The van der Waals surface area contributed by atoms with Gasteiger partial charge in [-0.25, -0.2) is 0 Å². The van der Waals surface area contributed by atoms with Crippen molar-refractivity contribution < 1.29 is 9.84 Å². The number of benzene rings is 1. The van der Waals surface area contributed by atoms with Gasteiger partial charge in [-0.05, 0) is 57.2 Å². The quantitative estimate of drug-likeness (QED) is 0.858. The van der Waals surface area contributed by atoms with Gasteiger partial charge in [0.15, 0.2) is 0 Å². The Labute approximate surface area is 116 Å². The van der Waals surface area contributed by atoms with Crippen LogP contribution in [0.2, 0.25) is 0 Å². The van der Waals surface area contributed by atoms with Gasteiger partial charge in [-0.2, -0.15) is 0 Å². The van der Waals surface area contributed by atoms with Crippen LogP contribution in [0.1, 0.15) is 45.1 Å². The van der Waals surface area contributed by atoms with Crippen molar-refractivity contribution in [1.82, 2.24) is 5.32 Å². The molecule has 1 aromatic carbocycles. The van der Waals surface area contributed by atoms with Crippen molar-refractivity contribution in [3.63, 3.8) is 0 Å². The maximum atomic E-state index is 9.64. The van der Waals surface area contributed by atoms with Crippen LogP contribution in [0.3, 0.4) is 0 Å². The molecule has 3 heteroatoms. The summed E-state index contributed by atoms with van der Waals surface area (Å²) in [4.78, 5) is 0. The number of ether oxygens (including phenoxy) is 1. The van der Waals surface area contributed by atoms with Crippen LogP contribution in [0.5, 0.6) is 5.75 Å². The highest BCUT2D eigenvalue weighted by Crippen LogP contribution is 2.19. The Morgan fingerprint density at radius 1 is 1.26 bits per heavy atom.